The Kier molecular flexibility index (Phi) is 5.37. The lowest BCUT2D eigenvalue weighted by Gasteiger charge is -2.35. The summed E-state index contributed by atoms with van der Waals surface area (Å²) in [4.78, 5) is 11.5. The molecule has 0 spiro atoms. The molecule has 5 rings (SSSR count). The van der Waals surface area contributed by atoms with E-state index in [2.05, 4.69) is 43.6 Å². The van der Waals surface area contributed by atoms with Crippen LogP contribution in [-0.4, -0.2) is 43.8 Å². The summed E-state index contributed by atoms with van der Waals surface area (Å²) in [5.74, 6) is 0.914. The van der Waals surface area contributed by atoms with Crippen molar-refractivity contribution in [2.24, 2.45) is 0 Å². The third-order valence-corrected chi connectivity index (χ3v) is 6.19. The van der Waals surface area contributed by atoms with Gasteiger partial charge in [0.1, 0.15) is 0 Å². The first-order chi connectivity index (χ1) is 14.4. The van der Waals surface area contributed by atoms with E-state index >= 15 is 0 Å². The molecule has 0 amide bonds. The Bertz CT molecular complexity index is 915. The van der Waals surface area contributed by atoms with Crippen LogP contribution in [0.1, 0.15) is 48.7 Å². The average molecular weight is 389 g/mol. The van der Waals surface area contributed by atoms with E-state index < -0.39 is 0 Å². The molecule has 1 aliphatic heterocycles. The van der Waals surface area contributed by atoms with Gasteiger partial charge in [-0.3, -0.25) is 9.88 Å². The van der Waals surface area contributed by atoms with E-state index in [-0.39, 0.29) is 0 Å². The summed E-state index contributed by atoms with van der Waals surface area (Å²) in [6.45, 7) is 3.21. The molecular formula is C23H28N6. The molecule has 29 heavy (non-hydrogen) atoms. The van der Waals surface area contributed by atoms with Gasteiger partial charge in [-0.05, 0) is 56.4 Å². The Balaban J connectivity index is 1.21. The summed E-state index contributed by atoms with van der Waals surface area (Å²) in [5, 5.41) is 8.62. The molecule has 3 aromatic heterocycles. The molecule has 3 aromatic rings. The van der Waals surface area contributed by atoms with Crippen molar-refractivity contribution >= 4 is 0 Å². The highest BCUT2D eigenvalue weighted by molar-refractivity contribution is 5.32. The van der Waals surface area contributed by atoms with Crippen molar-refractivity contribution in [2.75, 3.05) is 13.1 Å². The van der Waals surface area contributed by atoms with Gasteiger partial charge in [0.25, 0.3) is 0 Å². The maximum absolute atomic E-state index is 4.67. The minimum Gasteiger partial charge on any atom is -0.307 e. The molecule has 1 aliphatic carbocycles. The fourth-order valence-electron chi connectivity index (χ4n) is 4.67. The largest absolute Gasteiger partial charge is 0.307 e. The van der Waals surface area contributed by atoms with Crippen molar-refractivity contribution in [3.63, 3.8) is 0 Å². The van der Waals surface area contributed by atoms with E-state index in [1.807, 2.05) is 41.3 Å². The second-order valence-electron chi connectivity index (χ2n) is 8.13. The Morgan fingerprint density at radius 1 is 0.966 bits per heavy atom. The van der Waals surface area contributed by atoms with E-state index in [0.717, 1.165) is 37.6 Å². The Hall–Kier alpha value is -2.57. The Labute approximate surface area is 172 Å². The van der Waals surface area contributed by atoms with Crippen molar-refractivity contribution in [3.8, 4) is 5.82 Å². The summed E-state index contributed by atoms with van der Waals surface area (Å²) < 4.78 is 2.03. The first kappa shape index (κ1) is 18.5. The summed E-state index contributed by atoms with van der Waals surface area (Å²) in [5.41, 5.74) is 3.84. The number of rotatable bonds is 5. The van der Waals surface area contributed by atoms with Crippen molar-refractivity contribution in [1.29, 1.82) is 0 Å². The molecule has 0 aromatic carbocycles. The SMILES string of the molecule is c1ccc(CN2CCC(N[C@@H]3CCCc4c3cnn4-c3ccccn3)CC2)nc1. The minimum atomic E-state index is 0.406. The van der Waals surface area contributed by atoms with Crippen LogP contribution < -0.4 is 5.32 Å². The molecule has 0 saturated carbocycles. The van der Waals surface area contributed by atoms with E-state index in [4.69, 9.17) is 0 Å². The molecule has 150 valence electrons. The van der Waals surface area contributed by atoms with Gasteiger partial charge >= 0.3 is 0 Å². The molecule has 0 unspecified atom stereocenters. The monoisotopic (exact) mass is 388 g/mol. The van der Waals surface area contributed by atoms with Crippen molar-refractivity contribution in [3.05, 3.63) is 71.9 Å². The van der Waals surface area contributed by atoms with E-state index in [1.165, 1.54) is 36.9 Å². The van der Waals surface area contributed by atoms with Gasteiger partial charge in [0.2, 0.25) is 0 Å². The quantitative estimate of drug-likeness (QED) is 0.727. The lowest BCUT2D eigenvalue weighted by Crippen LogP contribution is -2.44. The zero-order chi connectivity index (χ0) is 19.5. The van der Waals surface area contributed by atoms with Crippen LogP contribution in [0.3, 0.4) is 0 Å². The highest BCUT2D eigenvalue weighted by Gasteiger charge is 2.28. The number of fused-ring (bicyclic) bond motifs is 1. The molecule has 2 aliphatic rings. The number of hydrogen-bond acceptors (Lipinski definition) is 5. The van der Waals surface area contributed by atoms with Gasteiger partial charge in [-0.15, -0.1) is 0 Å². The van der Waals surface area contributed by atoms with Gasteiger partial charge in [-0.1, -0.05) is 12.1 Å². The third kappa shape index (κ3) is 4.09. The molecule has 1 N–H and O–H groups in total. The van der Waals surface area contributed by atoms with E-state index in [0.29, 0.717) is 12.1 Å². The van der Waals surface area contributed by atoms with Crippen LogP contribution in [-0.2, 0) is 13.0 Å². The summed E-state index contributed by atoms with van der Waals surface area (Å²) in [6, 6.07) is 13.1. The van der Waals surface area contributed by atoms with Gasteiger partial charge in [-0.25, -0.2) is 9.67 Å². The fourth-order valence-corrected chi connectivity index (χ4v) is 4.67. The van der Waals surface area contributed by atoms with Gasteiger partial charge in [-0.2, -0.15) is 5.10 Å². The minimum absolute atomic E-state index is 0.406. The average Bonchev–Trinajstić information content (AvgIpc) is 3.22. The topological polar surface area (TPSA) is 58.9 Å². The van der Waals surface area contributed by atoms with Crippen LogP contribution in [0.4, 0.5) is 0 Å². The molecule has 6 nitrogen and oxygen atoms in total. The number of aromatic nitrogens is 4. The highest BCUT2D eigenvalue weighted by atomic mass is 15.3. The maximum atomic E-state index is 4.67. The van der Waals surface area contributed by atoms with Crippen LogP contribution in [0.25, 0.3) is 5.82 Å². The Morgan fingerprint density at radius 2 is 1.79 bits per heavy atom. The van der Waals surface area contributed by atoms with Crippen LogP contribution in [0, 0.1) is 0 Å². The molecule has 0 bridgehead atoms. The second kappa shape index (κ2) is 8.43. The van der Waals surface area contributed by atoms with E-state index in [9.17, 15) is 0 Å². The van der Waals surface area contributed by atoms with Crippen LogP contribution in [0.15, 0.2) is 55.0 Å². The first-order valence-electron chi connectivity index (χ1n) is 10.7. The molecule has 4 heterocycles. The number of piperidine rings is 1. The molecule has 1 atom stereocenters. The number of hydrogen-bond donors (Lipinski definition) is 1. The van der Waals surface area contributed by atoms with E-state index in [1.54, 1.807) is 0 Å². The molecule has 1 saturated heterocycles. The van der Waals surface area contributed by atoms with Crippen molar-refractivity contribution in [1.82, 2.24) is 30.0 Å². The Morgan fingerprint density at radius 3 is 2.55 bits per heavy atom. The second-order valence-corrected chi connectivity index (χ2v) is 8.13. The summed E-state index contributed by atoms with van der Waals surface area (Å²) in [7, 11) is 0. The zero-order valence-corrected chi connectivity index (χ0v) is 16.7. The van der Waals surface area contributed by atoms with Crippen LogP contribution >= 0.6 is 0 Å². The maximum Gasteiger partial charge on any atom is 0.153 e. The van der Waals surface area contributed by atoms with Crippen LogP contribution in [0.2, 0.25) is 0 Å². The number of likely N-dealkylation sites (tertiary alicyclic amines) is 1. The van der Waals surface area contributed by atoms with Gasteiger partial charge in [0.15, 0.2) is 5.82 Å². The van der Waals surface area contributed by atoms with Crippen molar-refractivity contribution in [2.45, 2.75) is 50.7 Å². The predicted octanol–water partition coefficient (Wildman–Crippen LogP) is 3.29. The third-order valence-electron chi connectivity index (χ3n) is 6.19. The van der Waals surface area contributed by atoms with Crippen LogP contribution in [0.5, 0.6) is 0 Å². The fraction of sp³-hybridized carbons (Fsp3) is 0.435. The first-order valence-corrected chi connectivity index (χ1v) is 10.7. The normalized spacial score (nSPS) is 20.5. The van der Waals surface area contributed by atoms with Gasteiger partial charge in [0.05, 0.1) is 17.6 Å². The molecule has 1 fully saturated rings. The molecule has 6 heteroatoms. The number of pyridine rings is 2. The van der Waals surface area contributed by atoms with Crippen molar-refractivity contribution < 1.29 is 0 Å². The number of nitrogens with zero attached hydrogens (tertiary/aromatic N) is 5. The highest BCUT2D eigenvalue weighted by Crippen LogP contribution is 2.32. The summed E-state index contributed by atoms with van der Waals surface area (Å²) in [6.07, 6.45) is 11.6. The zero-order valence-electron chi connectivity index (χ0n) is 16.7. The lowest BCUT2D eigenvalue weighted by molar-refractivity contribution is 0.180. The summed E-state index contributed by atoms with van der Waals surface area (Å²) >= 11 is 0. The van der Waals surface area contributed by atoms with Gasteiger partial charge < -0.3 is 5.32 Å². The smallest absolute Gasteiger partial charge is 0.153 e. The molecule has 0 radical (unpaired) electrons. The van der Waals surface area contributed by atoms with Gasteiger partial charge in [0, 0.05) is 49.7 Å². The standard InChI is InChI=1S/C23H28N6/c1-3-12-24-19(6-1)17-28-14-10-18(11-15-28)27-21-7-5-8-22-20(21)16-26-29(22)23-9-2-4-13-25-23/h1-4,6,9,12-13,16,18,21,27H,5,7-8,10-11,14-15,17H2/t21-/m1/s1. The lowest BCUT2D eigenvalue weighted by atomic mass is 9.91. The number of nitrogens with one attached hydrogen (secondary N) is 1. The molecular weight excluding hydrogens is 360 g/mol. The predicted molar refractivity (Wildman–Crippen MR) is 113 cm³/mol.